The maximum atomic E-state index is 13.1. The Balaban J connectivity index is 0.00000133. The van der Waals surface area contributed by atoms with Gasteiger partial charge in [0.2, 0.25) is 0 Å². The minimum absolute atomic E-state index is 0.179. The normalized spacial score (nSPS) is 13.0. The van der Waals surface area contributed by atoms with Crippen molar-refractivity contribution in [1.29, 1.82) is 0 Å². The van der Waals surface area contributed by atoms with Gasteiger partial charge in [-0.15, -0.1) is 11.3 Å². The molecule has 0 saturated heterocycles. The summed E-state index contributed by atoms with van der Waals surface area (Å²) in [4.78, 5) is 55.0. The molecule has 2 aromatic carbocycles. The fourth-order valence-electron chi connectivity index (χ4n) is 3.99. The number of anilines is 1. The number of rotatable bonds is 4. The molecule has 5 rings (SSSR count). The number of nitrogens with two attached hydrogens (primary N) is 1. The van der Waals surface area contributed by atoms with Crippen LogP contribution in [0.5, 0.6) is 0 Å². The van der Waals surface area contributed by atoms with E-state index in [4.69, 9.17) is 15.7 Å². The Bertz CT molecular complexity index is 1480. The Hall–Kier alpha value is -3.70. The smallest absolute Gasteiger partial charge is 0.333 e. The Morgan fingerprint density at radius 1 is 1.00 bits per heavy atom. The van der Waals surface area contributed by atoms with Crippen molar-refractivity contribution in [3.05, 3.63) is 95.8 Å². The van der Waals surface area contributed by atoms with Crippen molar-refractivity contribution in [2.24, 2.45) is 5.73 Å². The van der Waals surface area contributed by atoms with E-state index in [0.717, 1.165) is 40.3 Å². The van der Waals surface area contributed by atoms with Crippen molar-refractivity contribution in [3.63, 3.8) is 0 Å². The van der Waals surface area contributed by atoms with Crippen LogP contribution in [0.4, 0.5) is 5.69 Å². The Morgan fingerprint density at radius 3 is 2.53 bits per heavy atom. The molecule has 34 heavy (non-hydrogen) atoms. The largest absolute Gasteiger partial charge is 0.365 e. The van der Waals surface area contributed by atoms with Gasteiger partial charge in [-0.2, -0.15) is 0 Å². The van der Waals surface area contributed by atoms with Gasteiger partial charge >= 0.3 is 5.69 Å². The van der Waals surface area contributed by atoms with Crippen LogP contribution >= 0.6 is 23.3 Å². The van der Waals surface area contributed by atoms with Crippen molar-refractivity contribution in [1.82, 2.24) is 9.55 Å². The van der Waals surface area contributed by atoms with E-state index in [2.05, 4.69) is 21.4 Å². The van der Waals surface area contributed by atoms with Crippen LogP contribution < -0.4 is 21.3 Å². The van der Waals surface area contributed by atoms with Crippen LogP contribution in [-0.4, -0.2) is 22.0 Å². The number of aryl methyl sites for hydroxylation is 1. The van der Waals surface area contributed by atoms with Crippen LogP contribution in [0.25, 0.3) is 16.6 Å². The number of nitrogens with zero attached hydrogens (tertiary/aromatic N) is 2. The zero-order chi connectivity index (χ0) is 24.2. The minimum Gasteiger partial charge on any atom is -0.365 e. The van der Waals surface area contributed by atoms with Gasteiger partial charge < -0.3 is 15.0 Å². The molecule has 9 nitrogen and oxygen atoms in total. The van der Waals surface area contributed by atoms with Crippen LogP contribution in [0.1, 0.15) is 28.1 Å². The summed E-state index contributed by atoms with van der Waals surface area (Å²) in [5.74, 6) is -0.674. The molecular weight excluding hydrogens is 476 g/mol. The monoisotopic (exact) mass is 496 g/mol. The highest BCUT2D eigenvalue weighted by Gasteiger charge is 2.23. The van der Waals surface area contributed by atoms with Gasteiger partial charge in [-0.25, -0.2) is 9.36 Å². The molecule has 1 aliphatic heterocycles. The fourth-order valence-corrected chi connectivity index (χ4v) is 6.26. The fraction of sp³-hybridized carbons (Fsp3) is 0.174. The van der Waals surface area contributed by atoms with E-state index >= 15 is 0 Å². The molecule has 3 N–H and O–H groups in total. The molecule has 1 amide bonds. The Labute approximate surface area is 201 Å². The highest BCUT2D eigenvalue weighted by atomic mass is 32.2. The summed E-state index contributed by atoms with van der Waals surface area (Å²) < 4.78 is 3.99. The maximum absolute atomic E-state index is 13.1. The number of carbonyl (C=O) groups excluding carboxylic acids is 1. The number of nitrogens with one attached hydrogen (secondary N) is 1. The average molecular weight is 497 g/mol. The average Bonchev–Trinajstić information content (AvgIpc) is 3.15. The summed E-state index contributed by atoms with van der Waals surface area (Å²) in [6.07, 6.45) is 3.18. The van der Waals surface area contributed by atoms with E-state index in [1.807, 2.05) is 12.1 Å². The highest BCUT2D eigenvalue weighted by molar-refractivity contribution is 8.02. The molecule has 174 valence electrons. The van der Waals surface area contributed by atoms with Crippen molar-refractivity contribution >= 4 is 45.8 Å². The topological polar surface area (TPSA) is 135 Å². The molecule has 0 saturated carbocycles. The minimum atomic E-state index is -0.674. The maximum Gasteiger partial charge on any atom is 0.333 e. The first-order chi connectivity index (χ1) is 16.5. The molecule has 0 atom stereocenters. The number of thiophene rings is 1. The van der Waals surface area contributed by atoms with Crippen molar-refractivity contribution in [3.8, 4) is 5.69 Å². The van der Waals surface area contributed by atoms with Crippen LogP contribution in [0.15, 0.2) is 68.4 Å². The van der Waals surface area contributed by atoms with Gasteiger partial charge in [-0.1, -0.05) is 30.3 Å². The predicted molar refractivity (Wildman–Crippen MR) is 136 cm³/mol. The molecule has 0 aliphatic carbocycles. The van der Waals surface area contributed by atoms with Gasteiger partial charge in [0.05, 0.1) is 26.5 Å². The number of hydrogen-bond donors (Lipinski definition) is 2. The lowest BCUT2D eigenvalue weighted by molar-refractivity contribution is 0.100. The molecule has 0 fully saturated rings. The lowest BCUT2D eigenvalue weighted by Crippen LogP contribution is -2.34. The molecule has 1 aliphatic rings. The van der Waals surface area contributed by atoms with E-state index in [0.29, 0.717) is 10.9 Å². The molecule has 2 aromatic heterocycles. The Kier molecular flexibility index (Phi) is 6.94. The van der Waals surface area contributed by atoms with E-state index in [9.17, 15) is 14.4 Å². The molecular formula is C23H20N4O5S2. The summed E-state index contributed by atoms with van der Waals surface area (Å²) in [6, 6.07) is 16.8. The number of carbonyl (C=O) groups is 1. The van der Waals surface area contributed by atoms with Crippen LogP contribution in [0.2, 0.25) is 0 Å². The van der Waals surface area contributed by atoms with Crippen molar-refractivity contribution in [2.45, 2.75) is 23.5 Å². The van der Waals surface area contributed by atoms with E-state index in [-0.39, 0.29) is 10.6 Å². The van der Waals surface area contributed by atoms with Gasteiger partial charge in [0.25, 0.3) is 11.5 Å². The second kappa shape index (κ2) is 10.1. The SMILES string of the molecule is NC(=O)c1sc(SN2CCCCc3ccccc32)cc1-n1c(=O)[nH]c2ccccc2c1=O.O=O. The second-order valence-electron chi connectivity index (χ2n) is 7.54. The lowest BCUT2D eigenvalue weighted by atomic mass is 10.1. The third-order valence-corrected chi connectivity index (χ3v) is 7.78. The summed E-state index contributed by atoms with van der Waals surface area (Å²) in [5.41, 5.74) is 7.63. The Morgan fingerprint density at radius 2 is 1.74 bits per heavy atom. The number of para-hydroxylation sites is 2. The molecule has 4 aromatic rings. The quantitative estimate of drug-likeness (QED) is 0.411. The van der Waals surface area contributed by atoms with Crippen molar-refractivity contribution < 1.29 is 4.79 Å². The summed E-state index contributed by atoms with van der Waals surface area (Å²) in [7, 11) is 0. The lowest BCUT2D eigenvalue weighted by Gasteiger charge is -2.22. The number of benzene rings is 2. The molecule has 0 bridgehead atoms. The van der Waals surface area contributed by atoms with Crippen LogP contribution in [0.3, 0.4) is 0 Å². The van der Waals surface area contributed by atoms with E-state index in [1.165, 1.54) is 28.8 Å². The van der Waals surface area contributed by atoms with E-state index < -0.39 is 17.2 Å². The third kappa shape index (κ3) is 4.39. The van der Waals surface area contributed by atoms with Gasteiger partial charge in [0.15, 0.2) is 0 Å². The molecule has 0 radical (unpaired) electrons. The van der Waals surface area contributed by atoms with Gasteiger partial charge in [0, 0.05) is 16.5 Å². The molecule has 11 heteroatoms. The molecule has 3 heterocycles. The highest BCUT2D eigenvalue weighted by Crippen LogP contribution is 2.39. The number of primary amides is 1. The van der Waals surface area contributed by atoms with Gasteiger partial charge in [-0.3, -0.25) is 9.59 Å². The standard InChI is InChI=1S/C23H20N4O3S2.O2/c24-21(28)20-18(27-22(29)15-9-2-3-10-16(15)25-23(27)30)13-19(31-20)32-26-12-6-5-8-14-7-1-4-11-17(14)26;1-2/h1-4,7,9-11,13H,5-6,8,12H2,(H2,24,28)(H,25,30);. The molecule has 0 unspecified atom stereocenters. The summed E-state index contributed by atoms with van der Waals surface area (Å²) in [6.45, 7) is 0.858. The van der Waals surface area contributed by atoms with Gasteiger partial charge in [-0.05, 0) is 61.0 Å². The number of fused-ring (bicyclic) bond motifs is 2. The first kappa shape index (κ1) is 23.5. The van der Waals surface area contributed by atoms with E-state index in [1.54, 1.807) is 30.3 Å². The number of amides is 1. The summed E-state index contributed by atoms with van der Waals surface area (Å²) >= 11 is 2.69. The predicted octanol–water partition coefficient (Wildman–Crippen LogP) is 3.76. The third-order valence-electron chi connectivity index (χ3n) is 5.48. The zero-order valence-electron chi connectivity index (χ0n) is 17.9. The number of aromatic amines is 1. The summed E-state index contributed by atoms with van der Waals surface area (Å²) in [5, 5.41) is 0.365. The first-order valence-electron chi connectivity index (χ1n) is 10.4. The number of aromatic nitrogens is 2. The first-order valence-corrected chi connectivity index (χ1v) is 12.0. The zero-order valence-corrected chi connectivity index (χ0v) is 19.5. The van der Waals surface area contributed by atoms with Crippen LogP contribution in [0, 0.1) is 9.93 Å². The number of hydrogen-bond acceptors (Lipinski definition) is 8. The van der Waals surface area contributed by atoms with Gasteiger partial charge in [0.1, 0.15) is 4.88 Å². The van der Waals surface area contributed by atoms with Crippen LogP contribution in [-0.2, 0) is 6.42 Å². The van der Waals surface area contributed by atoms with Crippen molar-refractivity contribution in [2.75, 3.05) is 10.8 Å². The second-order valence-corrected chi connectivity index (χ2v) is 9.91. The number of H-pyrrole nitrogens is 1. The molecule has 0 spiro atoms.